The number of nitrogens with one attached hydrogen (secondary N) is 1. The van der Waals surface area contributed by atoms with E-state index in [0.717, 1.165) is 26.1 Å². The fourth-order valence-electron chi connectivity index (χ4n) is 2.47. The van der Waals surface area contributed by atoms with E-state index in [1.165, 1.54) is 11.1 Å². The topological polar surface area (TPSA) is 15.3 Å². The quantitative estimate of drug-likeness (QED) is 0.584. The highest BCUT2D eigenvalue weighted by molar-refractivity contribution is 9.11. The molecule has 0 unspecified atom stereocenters. The maximum Gasteiger partial charge on any atom is 0.0231 e. The molecule has 126 valence electrons. The van der Waals surface area contributed by atoms with Crippen LogP contribution < -0.4 is 5.32 Å². The predicted molar refractivity (Wildman–Crippen MR) is 106 cm³/mol. The summed E-state index contributed by atoms with van der Waals surface area (Å²) < 4.78 is 0. The normalized spacial score (nSPS) is 14.2. The number of rotatable bonds is 10. The minimum atomic E-state index is 0.464. The SMILES string of the molecule is C\C=C/C(=C\C=C\Br)C[C@H](C)NCCN(C)Cc1ccccc1. The van der Waals surface area contributed by atoms with Gasteiger partial charge in [0.2, 0.25) is 0 Å². The van der Waals surface area contributed by atoms with Crippen LogP contribution in [0.1, 0.15) is 25.8 Å². The first kappa shape index (κ1) is 19.9. The fraction of sp³-hybridized carbons (Fsp3) is 0.400. The highest BCUT2D eigenvalue weighted by Gasteiger charge is 2.04. The van der Waals surface area contributed by atoms with Crippen molar-refractivity contribution < 1.29 is 0 Å². The zero-order valence-corrected chi connectivity index (χ0v) is 16.1. The van der Waals surface area contributed by atoms with Crippen LogP contribution in [0.4, 0.5) is 0 Å². The number of hydrogen-bond acceptors (Lipinski definition) is 2. The van der Waals surface area contributed by atoms with E-state index in [1.807, 2.05) is 11.1 Å². The Kier molecular flexibility index (Phi) is 10.6. The lowest BCUT2D eigenvalue weighted by Crippen LogP contribution is -2.34. The summed E-state index contributed by atoms with van der Waals surface area (Å²) in [6.45, 7) is 7.34. The smallest absolute Gasteiger partial charge is 0.0231 e. The van der Waals surface area contributed by atoms with Gasteiger partial charge in [-0.25, -0.2) is 0 Å². The van der Waals surface area contributed by atoms with Crippen molar-refractivity contribution >= 4 is 15.9 Å². The Hall–Kier alpha value is -1.16. The third-order valence-corrected chi connectivity index (χ3v) is 3.89. The summed E-state index contributed by atoms with van der Waals surface area (Å²) in [6, 6.07) is 11.1. The molecule has 0 aromatic heterocycles. The van der Waals surface area contributed by atoms with Crippen LogP contribution in [0.15, 0.2) is 65.2 Å². The maximum absolute atomic E-state index is 3.61. The van der Waals surface area contributed by atoms with Crippen molar-refractivity contribution in [2.24, 2.45) is 0 Å². The standard InChI is InChI=1S/C20H29BrN2/c1-4-9-19(12-8-13-21)16-18(2)22-14-15-23(3)17-20-10-6-5-7-11-20/h4-13,18,22H,14-17H2,1-3H3/b9-4-,13-8+,19-12+/t18-/m0/s1. The number of likely N-dealkylation sites (N-methyl/N-ethyl adjacent to an activating group) is 1. The van der Waals surface area contributed by atoms with E-state index in [-0.39, 0.29) is 0 Å². The van der Waals surface area contributed by atoms with Crippen LogP contribution in [0.2, 0.25) is 0 Å². The van der Waals surface area contributed by atoms with Crippen molar-refractivity contribution in [1.82, 2.24) is 10.2 Å². The lowest BCUT2D eigenvalue weighted by atomic mass is 10.1. The van der Waals surface area contributed by atoms with Crippen molar-refractivity contribution in [3.8, 4) is 0 Å². The van der Waals surface area contributed by atoms with Crippen LogP contribution in [-0.4, -0.2) is 31.1 Å². The number of hydrogen-bond donors (Lipinski definition) is 1. The summed E-state index contributed by atoms with van der Waals surface area (Å²) >= 11 is 3.31. The molecular formula is C20H29BrN2. The summed E-state index contributed by atoms with van der Waals surface area (Å²) in [5.74, 6) is 0. The van der Waals surface area contributed by atoms with E-state index in [0.29, 0.717) is 6.04 Å². The first-order chi connectivity index (χ1) is 11.2. The molecule has 23 heavy (non-hydrogen) atoms. The summed E-state index contributed by atoms with van der Waals surface area (Å²) in [5.41, 5.74) is 2.70. The molecule has 0 radical (unpaired) electrons. The van der Waals surface area contributed by atoms with Crippen molar-refractivity contribution in [3.05, 3.63) is 70.8 Å². The van der Waals surface area contributed by atoms with Gasteiger partial charge in [-0.2, -0.15) is 0 Å². The minimum Gasteiger partial charge on any atom is -0.313 e. The van der Waals surface area contributed by atoms with E-state index in [9.17, 15) is 0 Å². The molecule has 0 heterocycles. The first-order valence-corrected chi connectivity index (χ1v) is 9.11. The van der Waals surface area contributed by atoms with Gasteiger partial charge in [-0.15, -0.1) is 0 Å². The van der Waals surface area contributed by atoms with E-state index >= 15 is 0 Å². The Morgan fingerprint density at radius 3 is 2.70 bits per heavy atom. The molecule has 1 N–H and O–H groups in total. The Morgan fingerprint density at radius 2 is 2.04 bits per heavy atom. The largest absolute Gasteiger partial charge is 0.313 e. The molecule has 0 saturated carbocycles. The number of benzene rings is 1. The van der Waals surface area contributed by atoms with Gasteiger partial charge in [0, 0.05) is 25.7 Å². The first-order valence-electron chi connectivity index (χ1n) is 8.20. The van der Waals surface area contributed by atoms with Crippen molar-refractivity contribution in [3.63, 3.8) is 0 Å². The van der Waals surface area contributed by atoms with Gasteiger partial charge >= 0.3 is 0 Å². The van der Waals surface area contributed by atoms with Crippen LogP contribution in [0, 0.1) is 0 Å². The van der Waals surface area contributed by atoms with Gasteiger partial charge in [-0.3, -0.25) is 0 Å². The molecule has 3 heteroatoms. The van der Waals surface area contributed by atoms with Gasteiger partial charge in [0.15, 0.2) is 0 Å². The fourth-order valence-corrected chi connectivity index (χ4v) is 2.62. The number of halogens is 1. The second-order valence-corrected chi connectivity index (χ2v) is 6.37. The van der Waals surface area contributed by atoms with Crippen LogP contribution in [0.3, 0.4) is 0 Å². The van der Waals surface area contributed by atoms with Gasteiger partial charge in [0.1, 0.15) is 0 Å². The molecule has 1 rings (SSSR count). The predicted octanol–water partition coefficient (Wildman–Crippen LogP) is 4.90. The lowest BCUT2D eigenvalue weighted by Gasteiger charge is -2.19. The third kappa shape index (κ3) is 9.54. The molecular weight excluding hydrogens is 348 g/mol. The Bertz CT molecular complexity index is 506. The number of allylic oxidation sites excluding steroid dienone is 4. The monoisotopic (exact) mass is 376 g/mol. The van der Waals surface area contributed by atoms with E-state index in [4.69, 9.17) is 0 Å². The number of nitrogens with zero attached hydrogens (tertiary/aromatic N) is 1. The van der Waals surface area contributed by atoms with E-state index in [2.05, 4.69) is 95.6 Å². The Balaban J connectivity index is 2.31. The Labute approximate surface area is 150 Å². The van der Waals surface area contributed by atoms with Crippen LogP contribution >= 0.6 is 15.9 Å². The molecule has 0 bridgehead atoms. The summed E-state index contributed by atoms with van der Waals surface area (Å²) in [4.78, 5) is 4.23. The summed E-state index contributed by atoms with van der Waals surface area (Å²) in [5, 5.41) is 3.61. The average molecular weight is 377 g/mol. The molecule has 0 aliphatic heterocycles. The van der Waals surface area contributed by atoms with Crippen molar-refractivity contribution in [2.45, 2.75) is 32.9 Å². The van der Waals surface area contributed by atoms with Gasteiger partial charge in [-0.05, 0) is 43.4 Å². The van der Waals surface area contributed by atoms with Gasteiger partial charge in [0.05, 0.1) is 0 Å². The lowest BCUT2D eigenvalue weighted by molar-refractivity contribution is 0.318. The molecule has 0 amide bonds. The zero-order chi connectivity index (χ0) is 16.9. The van der Waals surface area contributed by atoms with Gasteiger partial charge in [-0.1, -0.05) is 70.6 Å². The van der Waals surface area contributed by atoms with Crippen LogP contribution in [0.5, 0.6) is 0 Å². The molecule has 0 fully saturated rings. The molecule has 0 spiro atoms. The molecule has 1 aromatic rings. The second kappa shape index (κ2) is 12.3. The summed E-state index contributed by atoms with van der Waals surface area (Å²) in [6.07, 6.45) is 9.47. The van der Waals surface area contributed by atoms with E-state index < -0.39 is 0 Å². The Morgan fingerprint density at radius 1 is 1.30 bits per heavy atom. The molecule has 0 aliphatic rings. The molecule has 0 saturated heterocycles. The molecule has 1 atom stereocenters. The minimum absolute atomic E-state index is 0.464. The van der Waals surface area contributed by atoms with Gasteiger partial charge < -0.3 is 10.2 Å². The van der Waals surface area contributed by atoms with Gasteiger partial charge in [0.25, 0.3) is 0 Å². The highest BCUT2D eigenvalue weighted by Crippen LogP contribution is 2.08. The van der Waals surface area contributed by atoms with Crippen molar-refractivity contribution in [2.75, 3.05) is 20.1 Å². The maximum atomic E-state index is 3.61. The van der Waals surface area contributed by atoms with Crippen molar-refractivity contribution in [1.29, 1.82) is 0 Å². The summed E-state index contributed by atoms with van der Waals surface area (Å²) in [7, 11) is 2.17. The van der Waals surface area contributed by atoms with Crippen LogP contribution in [-0.2, 0) is 6.54 Å². The molecule has 2 nitrogen and oxygen atoms in total. The second-order valence-electron chi connectivity index (χ2n) is 5.84. The van der Waals surface area contributed by atoms with Crippen LogP contribution in [0.25, 0.3) is 0 Å². The molecule has 0 aliphatic carbocycles. The highest BCUT2D eigenvalue weighted by atomic mass is 79.9. The van der Waals surface area contributed by atoms with E-state index in [1.54, 1.807) is 0 Å². The third-order valence-electron chi connectivity index (χ3n) is 3.59. The average Bonchev–Trinajstić information content (AvgIpc) is 2.53. The zero-order valence-electron chi connectivity index (χ0n) is 14.5. The molecule has 1 aromatic carbocycles.